The zero-order valence-electron chi connectivity index (χ0n) is 10.2. The first-order valence-corrected chi connectivity index (χ1v) is 7.22. The summed E-state index contributed by atoms with van der Waals surface area (Å²) in [6, 6.07) is 0.330. The maximum absolute atomic E-state index is 11.6. The Morgan fingerprint density at radius 1 is 1.44 bits per heavy atom. The number of halogens is 1. The molecule has 1 N–H and O–H groups in total. The molecule has 2 unspecified atom stereocenters. The van der Waals surface area contributed by atoms with Crippen LogP contribution < -0.4 is 5.32 Å². The Kier molecular flexibility index (Phi) is 6.36. The third-order valence-electron chi connectivity index (χ3n) is 3.00. The lowest BCUT2D eigenvalue weighted by Gasteiger charge is -2.31. The van der Waals surface area contributed by atoms with E-state index in [0.717, 1.165) is 11.8 Å². The van der Waals surface area contributed by atoms with Crippen LogP contribution in [-0.4, -0.2) is 30.0 Å². The van der Waals surface area contributed by atoms with E-state index in [1.807, 2.05) is 13.8 Å². The number of carbonyl (C=O) groups excluding carboxylic acids is 1. The molecule has 1 rings (SSSR count). The molecule has 1 amide bonds. The topological polar surface area (TPSA) is 38.3 Å². The van der Waals surface area contributed by atoms with E-state index < -0.39 is 0 Å². The van der Waals surface area contributed by atoms with Crippen molar-refractivity contribution in [3.63, 3.8) is 0 Å². The van der Waals surface area contributed by atoms with E-state index in [1.54, 1.807) is 0 Å². The van der Waals surface area contributed by atoms with Gasteiger partial charge in [-0.1, -0.05) is 28.8 Å². The SMILES string of the molecule is CC(C)OCC(=O)NC1CCCCC1CBr. The van der Waals surface area contributed by atoms with Gasteiger partial charge in [-0.25, -0.2) is 0 Å². The number of amides is 1. The van der Waals surface area contributed by atoms with Crippen molar-refractivity contribution in [2.24, 2.45) is 5.92 Å². The summed E-state index contributed by atoms with van der Waals surface area (Å²) in [5, 5.41) is 4.06. The van der Waals surface area contributed by atoms with Gasteiger partial charge in [0.25, 0.3) is 0 Å². The van der Waals surface area contributed by atoms with Crippen LogP contribution in [-0.2, 0) is 9.53 Å². The molecular formula is C12H22BrNO2. The molecule has 3 nitrogen and oxygen atoms in total. The minimum Gasteiger partial charge on any atom is -0.369 e. The molecule has 0 aromatic heterocycles. The van der Waals surface area contributed by atoms with E-state index in [2.05, 4.69) is 21.2 Å². The molecule has 16 heavy (non-hydrogen) atoms. The molecule has 0 aromatic carbocycles. The summed E-state index contributed by atoms with van der Waals surface area (Å²) in [4.78, 5) is 11.6. The van der Waals surface area contributed by atoms with E-state index in [4.69, 9.17) is 4.74 Å². The van der Waals surface area contributed by atoms with Gasteiger partial charge in [0.1, 0.15) is 6.61 Å². The van der Waals surface area contributed by atoms with E-state index >= 15 is 0 Å². The summed E-state index contributed by atoms with van der Waals surface area (Å²) in [5.41, 5.74) is 0. The highest BCUT2D eigenvalue weighted by molar-refractivity contribution is 9.09. The smallest absolute Gasteiger partial charge is 0.246 e. The number of hydrogen-bond acceptors (Lipinski definition) is 2. The predicted octanol–water partition coefficient (Wildman–Crippen LogP) is 2.48. The standard InChI is InChI=1S/C12H22BrNO2/c1-9(2)16-8-12(15)14-11-6-4-3-5-10(11)7-13/h9-11H,3-8H2,1-2H3,(H,14,15). The van der Waals surface area contributed by atoms with Crippen LogP contribution in [0.25, 0.3) is 0 Å². The fourth-order valence-electron chi connectivity index (χ4n) is 2.07. The number of ether oxygens (including phenoxy) is 1. The molecule has 0 bridgehead atoms. The molecule has 0 aromatic rings. The number of rotatable bonds is 5. The number of carbonyl (C=O) groups is 1. The van der Waals surface area contributed by atoms with Gasteiger partial charge in [-0.05, 0) is 32.6 Å². The highest BCUT2D eigenvalue weighted by Crippen LogP contribution is 2.25. The Bertz CT molecular complexity index is 221. The molecule has 0 saturated heterocycles. The van der Waals surface area contributed by atoms with Crippen LogP contribution in [0.3, 0.4) is 0 Å². The van der Waals surface area contributed by atoms with Crippen molar-refractivity contribution in [3.8, 4) is 0 Å². The van der Waals surface area contributed by atoms with Crippen molar-refractivity contribution in [3.05, 3.63) is 0 Å². The molecule has 0 aliphatic heterocycles. The van der Waals surface area contributed by atoms with E-state index in [9.17, 15) is 4.79 Å². The zero-order chi connectivity index (χ0) is 12.0. The van der Waals surface area contributed by atoms with Crippen LogP contribution >= 0.6 is 15.9 Å². The Morgan fingerprint density at radius 2 is 2.12 bits per heavy atom. The third kappa shape index (κ3) is 4.83. The van der Waals surface area contributed by atoms with Gasteiger partial charge in [0.05, 0.1) is 6.10 Å². The van der Waals surface area contributed by atoms with Gasteiger partial charge < -0.3 is 10.1 Å². The highest BCUT2D eigenvalue weighted by atomic mass is 79.9. The molecule has 0 radical (unpaired) electrons. The summed E-state index contributed by atoms with van der Waals surface area (Å²) in [6.45, 7) is 4.06. The van der Waals surface area contributed by atoms with E-state index in [1.165, 1.54) is 19.3 Å². The van der Waals surface area contributed by atoms with Crippen LogP contribution in [0.15, 0.2) is 0 Å². The lowest BCUT2D eigenvalue weighted by molar-refractivity contribution is -0.128. The largest absolute Gasteiger partial charge is 0.369 e. The summed E-state index contributed by atoms with van der Waals surface area (Å²) < 4.78 is 5.29. The first kappa shape index (κ1) is 14.0. The van der Waals surface area contributed by atoms with Crippen LogP contribution in [0, 0.1) is 5.92 Å². The molecule has 1 saturated carbocycles. The van der Waals surface area contributed by atoms with E-state index in [0.29, 0.717) is 12.0 Å². The highest BCUT2D eigenvalue weighted by Gasteiger charge is 2.25. The Morgan fingerprint density at radius 3 is 2.75 bits per heavy atom. The lowest BCUT2D eigenvalue weighted by Crippen LogP contribution is -2.44. The van der Waals surface area contributed by atoms with Crippen molar-refractivity contribution in [1.29, 1.82) is 0 Å². The summed E-state index contributed by atoms with van der Waals surface area (Å²) in [6.07, 6.45) is 4.93. The second-order valence-corrected chi connectivity index (χ2v) is 5.38. The first-order chi connectivity index (χ1) is 7.63. The quantitative estimate of drug-likeness (QED) is 0.791. The predicted molar refractivity (Wildman–Crippen MR) is 68.8 cm³/mol. The minimum absolute atomic E-state index is 0.0200. The molecule has 4 heteroatoms. The minimum atomic E-state index is 0.0200. The summed E-state index contributed by atoms with van der Waals surface area (Å²) in [5.74, 6) is 0.600. The monoisotopic (exact) mass is 291 g/mol. The van der Waals surface area contributed by atoms with Gasteiger partial charge >= 0.3 is 0 Å². The summed E-state index contributed by atoms with van der Waals surface area (Å²) >= 11 is 3.52. The Balaban J connectivity index is 2.30. The van der Waals surface area contributed by atoms with Crippen LogP contribution in [0.5, 0.6) is 0 Å². The maximum atomic E-state index is 11.6. The molecule has 1 aliphatic rings. The van der Waals surface area contributed by atoms with Crippen LogP contribution in [0.2, 0.25) is 0 Å². The average molecular weight is 292 g/mol. The fraction of sp³-hybridized carbons (Fsp3) is 0.917. The van der Waals surface area contributed by atoms with Gasteiger partial charge in [0, 0.05) is 11.4 Å². The molecule has 94 valence electrons. The van der Waals surface area contributed by atoms with Gasteiger partial charge in [-0.15, -0.1) is 0 Å². The fourth-order valence-corrected chi connectivity index (χ4v) is 2.85. The Hall–Kier alpha value is -0.0900. The first-order valence-electron chi connectivity index (χ1n) is 6.10. The van der Waals surface area contributed by atoms with Crippen molar-refractivity contribution in [2.45, 2.75) is 51.7 Å². The van der Waals surface area contributed by atoms with Gasteiger partial charge in [0.2, 0.25) is 5.91 Å². The molecule has 0 heterocycles. The van der Waals surface area contributed by atoms with Crippen molar-refractivity contribution >= 4 is 21.8 Å². The number of alkyl halides is 1. The second-order valence-electron chi connectivity index (χ2n) is 4.73. The second kappa shape index (κ2) is 7.28. The Labute approximate surface area is 106 Å². The van der Waals surface area contributed by atoms with E-state index in [-0.39, 0.29) is 18.6 Å². The molecule has 1 fully saturated rings. The zero-order valence-corrected chi connectivity index (χ0v) is 11.8. The molecule has 2 atom stereocenters. The van der Waals surface area contributed by atoms with Gasteiger partial charge in [-0.2, -0.15) is 0 Å². The molecule has 0 spiro atoms. The molecule has 1 aliphatic carbocycles. The van der Waals surface area contributed by atoms with Crippen molar-refractivity contribution in [1.82, 2.24) is 5.32 Å². The molecular weight excluding hydrogens is 270 g/mol. The lowest BCUT2D eigenvalue weighted by atomic mass is 9.86. The summed E-state index contributed by atoms with van der Waals surface area (Å²) in [7, 11) is 0. The van der Waals surface area contributed by atoms with Crippen LogP contribution in [0.4, 0.5) is 0 Å². The van der Waals surface area contributed by atoms with Crippen LogP contribution in [0.1, 0.15) is 39.5 Å². The number of hydrogen-bond donors (Lipinski definition) is 1. The third-order valence-corrected chi connectivity index (χ3v) is 3.83. The van der Waals surface area contributed by atoms with Crippen molar-refractivity contribution < 1.29 is 9.53 Å². The normalized spacial score (nSPS) is 25.8. The average Bonchev–Trinajstić information content (AvgIpc) is 2.27. The maximum Gasteiger partial charge on any atom is 0.246 e. The van der Waals surface area contributed by atoms with Gasteiger partial charge in [0.15, 0.2) is 0 Å². The van der Waals surface area contributed by atoms with Crippen molar-refractivity contribution in [2.75, 3.05) is 11.9 Å². The van der Waals surface area contributed by atoms with Gasteiger partial charge in [-0.3, -0.25) is 4.79 Å². The number of nitrogens with one attached hydrogen (secondary N) is 1.